The van der Waals surface area contributed by atoms with Crippen molar-refractivity contribution >= 4 is 17.3 Å². The number of benzene rings is 1. The van der Waals surface area contributed by atoms with Gasteiger partial charge in [-0.1, -0.05) is 0 Å². The predicted molar refractivity (Wildman–Crippen MR) is 71.7 cm³/mol. The molecule has 0 aliphatic carbocycles. The summed E-state index contributed by atoms with van der Waals surface area (Å²) >= 11 is 0. The van der Waals surface area contributed by atoms with Gasteiger partial charge in [0.1, 0.15) is 5.76 Å². The van der Waals surface area contributed by atoms with E-state index in [2.05, 4.69) is 5.32 Å². The van der Waals surface area contributed by atoms with E-state index < -0.39 is 0 Å². The number of rotatable bonds is 2. The molecule has 3 N–H and O–H groups in total. The second-order valence-electron chi connectivity index (χ2n) is 4.39. The lowest BCUT2D eigenvalue weighted by molar-refractivity contribution is 0.0995. The molecule has 0 aliphatic heterocycles. The molecule has 0 unspecified atom stereocenters. The van der Waals surface area contributed by atoms with Crippen LogP contribution in [0.5, 0.6) is 0 Å². The van der Waals surface area contributed by atoms with Gasteiger partial charge in [-0.2, -0.15) is 0 Å². The van der Waals surface area contributed by atoms with Crippen LogP contribution in [0.1, 0.15) is 27.4 Å². The molecule has 18 heavy (non-hydrogen) atoms. The summed E-state index contributed by atoms with van der Waals surface area (Å²) in [6, 6.07) is 7.09. The number of hydrogen-bond donors (Lipinski definition) is 2. The van der Waals surface area contributed by atoms with Crippen molar-refractivity contribution in [1.29, 1.82) is 0 Å². The molecule has 4 nitrogen and oxygen atoms in total. The van der Waals surface area contributed by atoms with Gasteiger partial charge in [0, 0.05) is 0 Å². The monoisotopic (exact) mass is 244 g/mol. The molecule has 0 fully saturated rings. The zero-order valence-electron chi connectivity index (χ0n) is 10.7. The third-order valence-corrected chi connectivity index (χ3v) is 2.88. The quantitative estimate of drug-likeness (QED) is 0.798. The third-order valence-electron chi connectivity index (χ3n) is 2.88. The lowest BCUT2D eigenvalue weighted by atomic mass is 10.1. The molecule has 0 radical (unpaired) electrons. The van der Waals surface area contributed by atoms with Crippen molar-refractivity contribution in [2.75, 3.05) is 11.1 Å². The summed E-state index contributed by atoms with van der Waals surface area (Å²) in [6.07, 6.45) is 0. The average Bonchev–Trinajstić information content (AvgIpc) is 2.73. The van der Waals surface area contributed by atoms with Crippen molar-refractivity contribution in [3.05, 3.63) is 46.9 Å². The maximum Gasteiger partial charge on any atom is 0.291 e. The predicted octanol–water partition coefficient (Wildman–Crippen LogP) is 3.04. The standard InChI is InChI=1S/C14H16N2O2/c1-8-6-11(15)12(7-9(8)2)16-14(17)13-5-4-10(3)18-13/h4-7H,15H2,1-3H3,(H,16,17). The molecule has 4 heteroatoms. The maximum absolute atomic E-state index is 11.9. The molecular formula is C14H16N2O2. The van der Waals surface area contributed by atoms with Crippen molar-refractivity contribution in [2.24, 2.45) is 0 Å². The van der Waals surface area contributed by atoms with Crippen LogP contribution in [-0.2, 0) is 0 Å². The summed E-state index contributed by atoms with van der Waals surface area (Å²) in [5, 5.41) is 2.75. The fourth-order valence-corrected chi connectivity index (χ4v) is 1.69. The first-order valence-electron chi connectivity index (χ1n) is 5.72. The molecule has 1 amide bonds. The smallest absolute Gasteiger partial charge is 0.291 e. The van der Waals surface area contributed by atoms with Crippen LogP contribution in [0.3, 0.4) is 0 Å². The number of nitrogen functional groups attached to an aromatic ring is 1. The van der Waals surface area contributed by atoms with Gasteiger partial charge >= 0.3 is 0 Å². The Labute approximate surface area is 106 Å². The fraction of sp³-hybridized carbons (Fsp3) is 0.214. The number of furan rings is 1. The molecule has 1 aromatic carbocycles. The highest BCUT2D eigenvalue weighted by Gasteiger charge is 2.12. The molecule has 0 bridgehead atoms. The number of nitrogens with two attached hydrogens (primary N) is 1. The number of anilines is 2. The molecule has 2 rings (SSSR count). The number of aryl methyl sites for hydroxylation is 3. The molecule has 0 atom stereocenters. The van der Waals surface area contributed by atoms with E-state index in [9.17, 15) is 4.79 Å². The lowest BCUT2D eigenvalue weighted by Gasteiger charge is -2.10. The number of hydrogen-bond acceptors (Lipinski definition) is 3. The Balaban J connectivity index is 2.24. The van der Waals surface area contributed by atoms with Gasteiger partial charge in [0.15, 0.2) is 5.76 Å². The molecule has 1 heterocycles. The largest absolute Gasteiger partial charge is 0.456 e. The number of amides is 1. The van der Waals surface area contributed by atoms with E-state index in [0.717, 1.165) is 11.1 Å². The molecular weight excluding hydrogens is 228 g/mol. The SMILES string of the molecule is Cc1ccc(C(=O)Nc2cc(C)c(C)cc2N)o1. The Morgan fingerprint density at radius 3 is 2.44 bits per heavy atom. The van der Waals surface area contributed by atoms with E-state index in [-0.39, 0.29) is 11.7 Å². The van der Waals surface area contributed by atoms with Crippen LogP contribution >= 0.6 is 0 Å². The molecule has 94 valence electrons. The van der Waals surface area contributed by atoms with Crippen LogP contribution in [0.25, 0.3) is 0 Å². The summed E-state index contributed by atoms with van der Waals surface area (Å²) in [5.74, 6) is 0.691. The van der Waals surface area contributed by atoms with E-state index in [0.29, 0.717) is 17.1 Å². The molecule has 0 saturated carbocycles. The Kier molecular flexibility index (Phi) is 3.10. The molecule has 0 saturated heterocycles. The second kappa shape index (κ2) is 4.56. The fourth-order valence-electron chi connectivity index (χ4n) is 1.69. The first kappa shape index (κ1) is 12.2. The Morgan fingerprint density at radius 2 is 1.83 bits per heavy atom. The van der Waals surface area contributed by atoms with Gasteiger partial charge in [0.05, 0.1) is 11.4 Å². The highest BCUT2D eigenvalue weighted by Crippen LogP contribution is 2.23. The van der Waals surface area contributed by atoms with Crippen molar-refractivity contribution in [2.45, 2.75) is 20.8 Å². The minimum atomic E-state index is -0.293. The molecule has 0 aliphatic rings. The summed E-state index contributed by atoms with van der Waals surface area (Å²) in [4.78, 5) is 11.9. The highest BCUT2D eigenvalue weighted by molar-refractivity contribution is 6.04. The van der Waals surface area contributed by atoms with E-state index in [1.54, 1.807) is 19.1 Å². The topological polar surface area (TPSA) is 68.3 Å². The van der Waals surface area contributed by atoms with Gasteiger partial charge in [-0.15, -0.1) is 0 Å². The minimum Gasteiger partial charge on any atom is -0.456 e. The molecule has 1 aromatic heterocycles. The van der Waals surface area contributed by atoms with Crippen LogP contribution in [0.15, 0.2) is 28.7 Å². The summed E-state index contributed by atoms with van der Waals surface area (Å²) < 4.78 is 5.26. The zero-order chi connectivity index (χ0) is 13.3. The average molecular weight is 244 g/mol. The normalized spacial score (nSPS) is 10.4. The minimum absolute atomic E-state index is 0.283. The van der Waals surface area contributed by atoms with Crippen LogP contribution in [-0.4, -0.2) is 5.91 Å². The Bertz CT molecular complexity index is 600. The molecule has 2 aromatic rings. The van der Waals surface area contributed by atoms with Crippen molar-refractivity contribution < 1.29 is 9.21 Å². The van der Waals surface area contributed by atoms with E-state index in [1.807, 2.05) is 26.0 Å². The van der Waals surface area contributed by atoms with Gasteiger partial charge in [-0.05, 0) is 56.2 Å². The van der Waals surface area contributed by atoms with Gasteiger partial charge < -0.3 is 15.5 Å². The Morgan fingerprint density at radius 1 is 1.17 bits per heavy atom. The second-order valence-corrected chi connectivity index (χ2v) is 4.39. The van der Waals surface area contributed by atoms with Gasteiger partial charge in [-0.25, -0.2) is 0 Å². The van der Waals surface area contributed by atoms with E-state index in [1.165, 1.54) is 0 Å². The first-order valence-corrected chi connectivity index (χ1v) is 5.72. The number of carbonyl (C=O) groups excluding carboxylic acids is 1. The van der Waals surface area contributed by atoms with Crippen molar-refractivity contribution in [1.82, 2.24) is 0 Å². The molecule has 0 spiro atoms. The van der Waals surface area contributed by atoms with Gasteiger partial charge in [-0.3, -0.25) is 4.79 Å². The zero-order valence-corrected chi connectivity index (χ0v) is 10.7. The summed E-state index contributed by atoms with van der Waals surface area (Å²) in [6.45, 7) is 5.75. The number of nitrogens with one attached hydrogen (secondary N) is 1. The Hall–Kier alpha value is -2.23. The van der Waals surface area contributed by atoms with Crippen molar-refractivity contribution in [3.8, 4) is 0 Å². The van der Waals surface area contributed by atoms with E-state index in [4.69, 9.17) is 10.2 Å². The maximum atomic E-state index is 11.9. The first-order chi connectivity index (χ1) is 8.47. The van der Waals surface area contributed by atoms with Gasteiger partial charge in [0.25, 0.3) is 5.91 Å². The summed E-state index contributed by atoms with van der Waals surface area (Å²) in [7, 11) is 0. The van der Waals surface area contributed by atoms with Gasteiger partial charge in [0.2, 0.25) is 0 Å². The third kappa shape index (κ3) is 2.37. The van der Waals surface area contributed by atoms with Crippen LogP contribution < -0.4 is 11.1 Å². The van der Waals surface area contributed by atoms with E-state index >= 15 is 0 Å². The summed E-state index contributed by atoms with van der Waals surface area (Å²) in [5.41, 5.74) is 9.21. The highest BCUT2D eigenvalue weighted by atomic mass is 16.3. The van der Waals surface area contributed by atoms with Crippen LogP contribution in [0.2, 0.25) is 0 Å². The van der Waals surface area contributed by atoms with Crippen LogP contribution in [0.4, 0.5) is 11.4 Å². The number of carbonyl (C=O) groups is 1. The van der Waals surface area contributed by atoms with Crippen LogP contribution in [0, 0.1) is 20.8 Å². The lowest BCUT2D eigenvalue weighted by Crippen LogP contribution is -2.12. The van der Waals surface area contributed by atoms with Crippen molar-refractivity contribution in [3.63, 3.8) is 0 Å².